The zero-order chi connectivity index (χ0) is 22.0. The zero-order valence-corrected chi connectivity index (χ0v) is 18.5. The van der Waals surface area contributed by atoms with Gasteiger partial charge in [-0.3, -0.25) is 4.79 Å². The van der Waals surface area contributed by atoms with E-state index < -0.39 is 0 Å². The van der Waals surface area contributed by atoms with Gasteiger partial charge in [0, 0.05) is 34.1 Å². The van der Waals surface area contributed by atoms with Crippen molar-refractivity contribution in [1.82, 2.24) is 35.7 Å². The van der Waals surface area contributed by atoms with Crippen molar-refractivity contribution in [2.24, 2.45) is 0 Å². The predicted octanol–water partition coefficient (Wildman–Crippen LogP) is 4.29. The number of hydrogen-bond donors (Lipinski definition) is 2. The van der Waals surface area contributed by atoms with E-state index in [0.29, 0.717) is 45.1 Å². The van der Waals surface area contributed by atoms with Gasteiger partial charge in [-0.05, 0) is 37.3 Å². The number of hydrogen-bond acceptors (Lipinski definition) is 5. The van der Waals surface area contributed by atoms with E-state index in [0.717, 1.165) is 11.3 Å². The van der Waals surface area contributed by atoms with Crippen LogP contribution >= 0.6 is 34.8 Å². The summed E-state index contributed by atoms with van der Waals surface area (Å²) < 4.78 is 1.64. The zero-order valence-electron chi connectivity index (χ0n) is 16.2. The topological polar surface area (TPSA) is 101 Å². The van der Waals surface area contributed by atoms with Gasteiger partial charge in [-0.15, -0.1) is 10.2 Å². The summed E-state index contributed by atoms with van der Waals surface area (Å²) >= 11 is 18.6. The highest BCUT2D eigenvalue weighted by Gasteiger charge is 2.23. The number of aromatic nitrogens is 6. The molecule has 0 atom stereocenters. The van der Waals surface area contributed by atoms with E-state index in [2.05, 4.69) is 31.0 Å². The molecule has 0 saturated heterocycles. The van der Waals surface area contributed by atoms with Crippen LogP contribution in [0, 0.1) is 6.92 Å². The van der Waals surface area contributed by atoms with Gasteiger partial charge in [0.1, 0.15) is 0 Å². The largest absolute Gasteiger partial charge is 0.350 e. The number of H-pyrrole nitrogens is 1. The molecule has 0 saturated carbocycles. The van der Waals surface area contributed by atoms with Crippen LogP contribution < -0.4 is 5.32 Å². The minimum Gasteiger partial charge on any atom is -0.350 e. The average molecular weight is 477 g/mol. The summed E-state index contributed by atoms with van der Waals surface area (Å²) in [6.07, 6.45) is 0.440. The molecule has 8 nitrogen and oxygen atoms in total. The van der Waals surface area contributed by atoms with Crippen LogP contribution in [0.2, 0.25) is 15.1 Å². The lowest BCUT2D eigenvalue weighted by Crippen LogP contribution is -2.27. The fraction of sp³-hybridized carbons (Fsp3) is 0.150. The number of aromatic amines is 1. The van der Waals surface area contributed by atoms with Gasteiger partial charge < -0.3 is 5.32 Å². The second-order valence-electron chi connectivity index (χ2n) is 6.67. The summed E-state index contributed by atoms with van der Waals surface area (Å²) in [5, 5.41) is 22.6. The van der Waals surface area contributed by atoms with Crippen LogP contribution in [0.5, 0.6) is 0 Å². The summed E-state index contributed by atoms with van der Waals surface area (Å²) in [5.74, 6) is 0.192. The average Bonchev–Trinajstić information content (AvgIpc) is 3.37. The van der Waals surface area contributed by atoms with Gasteiger partial charge in [-0.25, -0.2) is 4.68 Å². The molecule has 11 heteroatoms. The maximum Gasteiger partial charge on any atom is 0.272 e. The van der Waals surface area contributed by atoms with E-state index in [1.165, 1.54) is 0 Å². The van der Waals surface area contributed by atoms with Crippen LogP contribution in [0.4, 0.5) is 0 Å². The molecule has 0 unspecified atom stereocenters. The molecule has 0 aliphatic rings. The molecule has 31 heavy (non-hydrogen) atoms. The lowest BCUT2D eigenvalue weighted by Gasteiger charge is -2.11. The molecular formula is C20H16Cl3N7O. The first-order valence-electron chi connectivity index (χ1n) is 9.25. The molecule has 0 fully saturated rings. The van der Waals surface area contributed by atoms with Crippen molar-refractivity contribution < 1.29 is 4.79 Å². The van der Waals surface area contributed by atoms with Crippen molar-refractivity contribution in [3.05, 3.63) is 74.6 Å². The second kappa shape index (κ2) is 9.05. The number of halogens is 3. The Morgan fingerprint density at radius 2 is 1.84 bits per heavy atom. The Morgan fingerprint density at radius 1 is 1.10 bits per heavy atom. The molecule has 0 aliphatic heterocycles. The first-order valence-corrected chi connectivity index (χ1v) is 10.4. The summed E-state index contributed by atoms with van der Waals surface area (Å²) in [6.45, 7) is 2.17. The summed E-state index contributed by atoms with van der Waals surface area (Å²) in [4.78, 5) is 12.9. The van der Waals surface area contributed by atoms with E-state index in [1.807, 2.05) is 19.1 Å². The molecule has 1 amide bonds. The fourth-order valence-electron chi connectivity index (χ4n) is 3.15. The van der Waals surface area contributed by atoms with Crippen molar-refractivity contribution in [1.29, 1.82) is 0 Å². The molecule has 2 aromatic heterocycles. The van der Waals surface area contributed by atoms with Gasteiger partial charge >= 0.3 is 0 Å². The number of rotatable bonds is 6. The Morgan fingerprint density at radius 3 is 2.52 bits per heavy atom. The third-order valence-electron chi connectivity index (χ3n) is 4.62. The van der Waals surface area contributed by atoms with Gasteiger partial charge in [-0.1, -0.05) is 52.1 Å². The number of nitrogens with zero attached hydrogens (tertiary/aromatic N) is 5. The highest BCUT2D eigenvalue weighted by atomic mass is 35.5. The molecule has 0 radical (unpaired) electrons. The van der Waals surface area contributed by atoms with Gasteiger partial charge in [0.25, 0.3) is 5.91 Å². The SMILES string of the molecule is Cc1c(C(=O)NCCc2nn[nH]n2)nn(-c2ccc(Cl)cc2Cl)c1-c1ccc(Cl)cc1. The second-order valence-corrected chi connectivity index (χ2v) is 7.95. The first-order chi connectivity index (χ1) is 14.9. The van der Waals surface area contributed by atoms with Crippen LogP contribution in [-0.2, 0) is 6.42 Å². The van der Waals surface area contributed by atoms with Gasteiger partial charge in [0.2, 0.25) is 0 Å². The van der Waals surface area contributed by atoms with E-state index in [1.54, 1.807) is 35.0 Å². The molecule has 2 N–H and O–H groups in total. The van der Waals surface area contributed by atoms with Crippen molar-refractivity contribution in [2.75, 3.05) is 6.54 Å². The molecule has 0 spiro atoms. The Balaban J connectivity index is 1.72. The van der Waals surface area contributed by atoms with Crippen molar-refractivity contribution in [3.63, 3.8) is 0 Å². The lowest BCUT2D eigenvalue weighted by molar-refractivity contribution is 0.0948. The third kappa shape index (κ3) is 4.56. The van der Waals surface area contributed by atoms with E-state index in [-0.39, 0.29) is 11.6 Å². The molecule has 2 heterocycles. The number of amides is 1. The normalized spacial score (nSPS) is 11.0. The Hall–Kier alpha value is -2.94. The smallest absolute Gasteiger partial charge is 0.272 e. The Labute approximate surface area is 192 Å². The third-order valence-corrected chi connectivity index (χ3v) is 5.41. The predicted molar refractivity (Wildman–Crippen MR) is 119 cm³/mol. The van der Waals surface area contributed by atoms with Crippen LogP contribution in [0.25, 0.3) is 16.9 Å². The Kier molecular flexibility index (Phi) is 6.22. The van der Waals surface area contributed by atoms with Gasteiger partial charge in [0.05, 0.1) is 16.4 Å². The summed E-state index contributed by atoms with van der Waals surface area (Å²) in [7, 11) is 0. The van der Waals surface area contributed by atoms with Crippen molar-refractivity contribution >= 4 is 40.7 Å². The first kappa shape index (κ1) is 21.3. The standard InChI is InChI=1S/C20H16Cl3N7O/c1-11-18(20(31)24-9-8-17-25-28-29-26-17)27-30(16-7-6-14(22)10-15(16)23)19(11)12-2-4-13(21)5-3-12/h2-7,10H,8-9H2,1H3,(H,24,31)(H,25,26,28,29). The Bertz CT molecular complexity index is 1220. The van der Waals surface area contributed by atoms with Gasteiger partial charge in [0.15, 0.2) is 11.5 Å². The van der Waals surface area contributed by atoms with Crippen LogP contribution in [0.3, 0.4) is 0 Å². The van der Waals surface area contributed by atoms with E-state index in [4.69, 9.17) is 34.8 Å². The van der Waals surface area contributed by atoms with Crippen LogP contribution in [-0.4, -0.2) is 42.9 Å². The number of carbonyl (C=O) groups is 1. The highest BCUT2D eigenvalue weighted by Crippen LogP contribution is 2.33. The maximum absolute atomic E-state index is 12.9. The maximum atomic E-state index is 12.9. The van der Waals surface area contributed by atoms with Crippen LogP contribution in [0.15, 0.2) is 42.5 Å². The highest BCUT2D eigenvalue weighted by molar-refractivity contribution is 6.35. The van der Waals surface area contributed by atoms with E-state index >= 15 is 0 Å². The fourth-order valence-corrected chi connectivity index (χ4v) is 3.76. The summed E-state index contributed by atoms with van der Waals surface area (Å²) in [6, 6.07) is 12.4. The molecule has 4 aromatic rings. The molecule has 0 bridgehead atoms. The molecular weight excluding hydrogens is 461 g/mol. The van der Waals surface area contributed by atoms with Crippen molar-refractivity contribution in [3.8, 4) is 16.9 Å². The van der Waals surface area contributed by atoms with E-state index in [9.17, 15) is 4.79 Å². The number of benzene rings is 2. The summed E-state index contributed by atoms with van der Waals surface area (Å²) in [5.41, 5.74) is 3.15. The molecule has 158 valence electrons. The monoisotopic (exact) mass is 475 g/mol. The molecule has 4 rings (SSSR count). The lowest BCUT2D eigenvalue weighted by atomic mass is 10.1. The minimum atomic E-state index is -0.319. The quantitative estimate of drug-likeness (QED) is 0.432. The molecule has 2 aromatic carbocycles. The number of nitrogens with one attached hydrogen (secondary N) is 2. The minimum absolute atomic E-state index is 0.282. The van der Waals surface area contributed by atoms with Crippen LogP contribution in [0.1, 0.15) is 21.9 Å². The van der Waals surface area contributed by atoms with Gasteiger partial charge in [-0.2, -0.15) is 10.3 Å². The molecule has 0 aliphatic carbocycles. The number of carbonyl (C=O) groups excluding carboxylic acids is 1. The number of tetrazole rings is 1. The van der Waals surface area contributed by atoms with Crippen molar-refractivity contribution in [2.45, 2.75) is 13.3 Å².